The molecule has 0 spiro atoms. The third-order valence-electron chi connectivity index (χ3n) is 2.98. The summed E-state index contributed by atoms with van der Waals surface area (Å²) in [5.41, 5.74) is 1.25. The Kier molecular flexibility index (Phi) is 4.43. The van der Waals surface area contributed by atoms with Gasteiger partial charge in [-0.05, 0) is 36.3 Å². The lowest BCUT2D eigenvalue weighted by molar-refractivity contribution is -0.384. The van der Waals surface area contributed by atoms with Gasteiger partial charge in [0.05, 0.1) is 11.5 Å². The summed E-state index contributed by atoms with van der Waals surface area (Å²) >= 11 is 1.90. The molecule has 98 valence electrons. The molecule has 18 heavy (non-hydrogen) atoms. The molecule has 1 heterocycles. The second-order valence-electron chi connectivity index (χ2n) is 4.28. The van der Waals surface area contributed by atoms with Gasteiger partial charge in [-0.2, -0.15) is 11.8 Å². The van der Waals surface area contributed by atoms with Crippen LogP contribution >= 0.6 is 11.8 Å². The topological polar surface area (TPSA) is 75.4 Å². The number of anilines is 1. The maximum absolute atomic E-state index is 10.9. The highest BCUT2D eigenvalue weighted by Crippen LogP contribution is 2.29. The van der Waals surface area contributed by atoms with E-state index in [1.165, 1.54) is 18.2 Å². The lowest BCUT2D eigenvalue weighted by Gasteiger charge is -2.12. The zero-order valence-electron chi connectivity index (χ0n) is 9.96. The van der Waals surface area contributed by atoms with E-state index in [1.807, 2.05) is 11.8 Å². The minimum atomic E-state index is -0.398. The van der Waals surface area contributed by atoms with Crippen LogP contribution in [-0.2, 0) is 6.61 Å². The van der Waals surface area contributed by atoms with Gasteiger partial charge >= 0.3 is 0 Å². The summed E-state index contributed by atoms with van der Waals surface area (Å²) in [6, 6.07) is 4.67. The highest BCUT2D eigenvalue weighted by Gasteiger charge is 2.18. The highest BCUT2D eigenvalue weighted by molar-refractivity contribution is 8.00. The summed E-state index contributed by atoms with van der Waals surface area (Å²) in [5.74, 6) is 1.17. The van der Waals surface area contributed by atoms with Crippen molar-refractivity contribution in [1.29, 1.82) is 0 Å². The van der Waals surface area contributed by atoms with Gasteiger partial charge in [0.2, 0.25) is 0 Å². The van der Waals surface area contributed by atoms with Gasteiger partial charge < -0.3 is 10.4 Å². The number of nitro groups is 1. The monoisotopic (exact) mass is 268 g/mol. The normalized spacial score (nSPS) is 18.8. The van der Waals surface area contributed by atoms with Crippen molar-refractivity contribution in [2.75, 3.05) is 17.6 Å². The van der Waals surface area contributed by atoms with E-state index in [9.17, 15) is 10.1 Å². The van der Waals surface area contributed by atoms with Crippen molar-refractivity contribution < 1.29 is 10.0 Å². The zero-order valence-corrected chi connectivity index (χ0v) is 10.8. The van der Waals surface area contributed by atoms with Crippen molar-refractivity contribution in [3.8, 4) is 0 Å². The Bertz CT molecular complexity index is 433. The molecule has 0 aromatic heterocycles. The second-order valence-corrected chi connectivity index (χ2v) is 5.69. The van der Waals surface area contributed by atoms with Crippen LogP contribution in [0.1, 0.15) is 18.4 Å². The van der Waals surface area contributed by atoms with E-state index < -0.39 is 4.92 Å². The van der Waals surface area contributed by atoms with Gasteiger partial charge in [0, 0.05) is 17.9 Å². The zero-order chi connectivity index (χ0) is 13.0. The maximum Gasteiger partial charge on any atom is 0.292 e. The predicted octanol–water partition coefficient (Wildman–Crippen LogP) is 2.39. The summed E-state index contributed by atoms with van der Waals surface area (Å²) < 4.78 is 0. The largest absolute Gasteiger partial charge is 0.392 e. The minimum Gasteiger partial charge on any atom is -0.392 e. The SMILES string of the molecule is O=[N+]([O-])c1ccc(CO)cc1NCC1CCCS1. The first-order chi connectivity index (χ1) is 8.70. The highest BCUT2D eigenvalue weighted by atomic mass is 32.2. The van der Waals surface area contributed by atoms with Crippen molar-refractivity contribution >= 4 is 23.1 Å². The van der Waals surface area contributed by atoms with E-state index in [-0.39, 0.29) is 12.3 Å². The molecule has 0 amide bonds. The molecule has 1 saturated heterocycles. The first kappa shape index (κ1) is 13.2. The van der Waals surface area contributed by atoms with Crippen LogP contribution in [0.5, 0.6) is 0 Å². The fourth-order valence-corrected chi connectivity index (χ4v) is 3.21. The van der Waals surface area contributed by atoms with Gasteiger partial charge in [0.25, 0.3) is 5.69 Å². The van der Waals surface area contributed by atoms with Crippen LogP contribution in [0, 0.1) is 10.1 Å². The summed E-state index contributed by atoms with van der Waals surface area (Å²) in [7, 11) is 0. The van der Waals surface area contributed by atoms with E-state index in [2.05, 4.69) is 5.32 Å². The van der Waals surface area contributed by atoms with Crippen LogP contribution < -0.4 is 5.32 Å². The molecule has 1 aromatic rings. The molecule has 0 aliphatic carbocycles. The summed E-state index contributed by atoms with van der Waals surface area (Å²) in [6.07, 6.45) is 2.38. The van der Waals surface area contributed by atoms with E-state index >= 15 is 0 Å². The first-order valence-electron chi connectivity index (χ1n) is 5.94. The van der Waals surface area contributed by atoms with Crippen LogP contribution in [0.2, 0.25) is 0 Å². The number of nitro benzene ring substituents is 1. The number of hydrogen-bond acceptors (Lipinski definition) is 5. The fraction of sp³-hybridized carbons (Fsp3) is 0.500. The number of hydrogen-bond donors (Lipinski definition) is 2. The molecule has 1 unspecified atom stereocenters. The van der Waals surface area contributed by atoms with Crippen LogP contribution in [0.3, 0.4) is 0 Å². The smallest absolute Gasteiger partial charge is 0.292 e. The first-order valence-corrected chi connectivity index (χ1v) is 6.99. The quantitative estimate of drug-likeness (QED) is 0.633. The van der Waals surface area contributed by atoms with Crippen LogP contribution in [0.15, 0.2) is 18.2 Å². The minimum absolute atomic E-state index is 0.0650. The molecule has 1 atom stereocenters. The summed E-state index contributed by atoms with van der Waals surface area (Å²) in [4.78, 5) is 10.5. The van der Waals surface area contributed by atoms with Crippen LogP contribution in [-0.4, -0.2) is 27.6 Å². The number of aliphatic hydroxyl groups is 1. The van der Waals surface area contributed by atoms with Crippen molar-refractivity contribution in [3.63, 3.8) is 0 Å². The van der Waals surface area contributed by atoms with Crippen LogP contribution in [0.25, 0.3) is 0 Å². The fourth-order valence-electron chi connectivity index (χ4n) is 2.01. The van der Waals surface area contributed by atoms with Crippen LogP contribution in [0.4, 0.5) is 11.4 Å². The molecule has 0 radical (unpaired) electrons. The molecular formula is C12H16N2O3S. The van der Waals surface area contributed by atoms with Gasteiger partial charge in [-0.3, -0.25) is 10.1 Å². The Morgan fingerprint density at radius 1 is 1.56 bits per heavy atom. The number of aliphatic hydroxyl groups excluding tert-OH is 1. The maximum atomic E-state index is 10.9. The lowest BCUT2D eigenvalue weighted by atomic mass is 10.1. The average molecular weight is 268 g/mol. The van der Waals surface area contributed by atoms with Gasteiger partial charge in [-0.1, -0.05) is 0 Å². The number of nitrogens with zero attached hydrogens (tertiary/aromatic N) is 1. The van der Waals surface area contributed by atoms with Gasteiger partial charge in [-0.15, -0.1) is 0 Å². The van der Waals surface area contributed by atoms with E-state index in [0.717, 1.165) is 13.0 Å². The van der Waals surface area contributed by atoms with E-state index in [1.54, 1.807) is 12.1 Å². The van der Waals surface area contributed by atoms with Crippen molar-refractivity contribution in [1.82, 2.24) is 0 Å². The van der Waals surface area contributed by atoms with Gasteiger partial charge in [0.15, 0.2) is 0 Å². The predicted molar refractivity (Wildman–Crippen MR) is 73.0 cm³/mol. The molecule has 2 rings (SSSR count). The third kappa shape index (κ3) is 3.14. The summed E-state index contributed by atoms with van der Waals surface area (Å²) in [6.45, 7) is 0.630. The molecule has 2 N–H and O–H groups in total. The molecular weight excluding hydrogens is 252 g/mol. The molecule has 0 saturated carbocycles. The Hall–Kier alpha value is -1.27. The number of nitrogens with one attached hydrogen (secondary N) is 1. The number of thioether (sulfide) groups is 1. The molecule has 5 nitrogen and oxygen atoms in total. The number of rotatable bonds is 5. The molecule has 1 aromatic carbocycles. The standard InChI is InChI=1S/C12H16N2O3S/c15-8-9-3-4-12(14(16)17)11(6-9)13-7-10-2-1-5-18-10/h3-4,6,10,13,15H,1-2,5,7-8H2. The van der Waals surface area contributed by atoms with Crippen molar-refractivity contribution in [2.24, 2.45) is 0 Å². The molecule has 1 aliphatic rings. The Balaban J connectivity index is 2.10. The van der Waals surface area contributed by atoms with Crippen molar-refractivity contribution in [2.45, 2.75) is 24.7 Å². The summed E-state index contributed by atoms with van der Waals surface area (Å²) in [5, 5.41) is 23.7. The average Bonchev–Trinajstić information content (AvgIpc) is 2.88. The number of benzene rings is 1. The van der Waals surface area contributed by atoms with Crippen molar-refractivity contribution in [3.05, 3.63) is 33.9 Å². The van der Waals surface area contributed by atoms with E-state index in [4.69, 9.17) is 5.11 Å². The Morgan fingerprint density at radius 3 is 3.00 bits per heavy atom. The van der Waals surface area contributed by atoms with Gasteiger partial charge in [-0.25, -0.2) is 0 Å². The van der Waals surface area contributed by atoms with Gasteiger partial charge in [0.1, 0.15) is 5.69 Å². The molecule has 1 aliphatic heterocycles. The molecule has 0 bridgehead atoms. The Morgan fingerprint density at radius 2 is 2.39 bits per heavy atom. The lowest BCUT2D eigenvalue weighted by Crippen LogP contribution is -2.14. The molecule has 1 fully saturated rings. The second kappa shape index (κ2) is 6.06. The van der Waals surface area contributed by atoms with E-state index in [0.29, 0.717) is 16.5 Å². The Labute approximate surface area is 110 Å². The molecule has 6 heteroatoms. The third-order valence-corrected chi connectivity index (χ3v) is 4.38.